The standard InChI is InChI=1S/C19H29N5O3S/c1-4-15(5-2)18-12-16(27-24-18)13-23-19(21-3)22-11-10-14-6-8-17(9-7-14)28(20,25)26/h6-9,12,15H,4-5,10-11,13H2,1-3H3,(H2,20,25,26)(H2,21,22,23). The lowest BCUT2D eigenvalue weighted by Gasteiger charge is -2.11. The molecule has 1 aromatic heterocycles. The number of sulfonamides is 1. The second-order valence-corrected chi connectivity index (χ2v) is 8.08. The largest absolute Gasteiger partial charge is 0.359 e. The third-order valence-electron chi connectivity index (χ3n) is 4.59. The number of nitrogens with one attached hydrogen (secondary N) is 2. The van der Waals surface area contributed by atoms with E-state index in [1.807, 2.05) is 6.07 Å². The van der Waals surface area contributed by atoms with E-state index in [4.69, 9.17) is 9.66 Å². The van der Waals surface area contributed by atoms with Gasteiger partial charge >= 0.3 is 0 Å². The molecule has 2 rings (SSSR count). The molecular weight excluding hydrogens is 378 g/mol. The molecule has 0 radical (unpaired) electrons. The minimum Gasteiger partial charge on any atom is -0.359 e. The van der Waals surface area contributed by atoms with Gasteiger partial charge in [0, 0.05) is 25.6 Å². The zero-order chi connectivity index (χ0) is 20.6. The molecule has 0 fully saturated rings. The lowest BCUT2D eigenvalue weighted by Crippen LogP contribution is -2.37. The van der Waals surface area contributed by atoms with Gasteiger partial charge in [-0.05, 0) is 37.0 Å². The fourth-order valence-corrected chi connectivity index (χ4v) is 3.39. The van der Waals surface area contributed by atoms with Crippen LogP contribution in [0.1, 0.15) is 49.6 Å². The molecule has 0 spiro atoms. The van der Waals surface area contributed by atoms with Gasteiger partial charge in [-0.2, -0.15) is 0 Å². The first kappa shape index (κ1) is 21.9. The molecule has 4 N–H and O–H groups in total. The van der Waals surface area contributed by atoms with E-state index in [0.717, 1.165) is 29.9 Å². The molecule has 0 unspecified atom stereocenters. The molecule has 0 aliphatic heterocycles. The second-order valence-electron chi connectivity index (χ2n) is 6.52. The molecule has 0 saturated heterocycles. The van der Waals surface area contributed by atoms with Crippen molar-refractivity contribution in [3.8, 4) is 0 Å². The molecule has 9 heteroatoms. The monoisotopic (exact) mass is 407 g/mol. The van der Waals surface area contributed by atoms with Crippen LogP contribution in [0.2, 0.25) is 0 Å². The molecule has 0 saturated carbocycles. The number of aliphatic imine (C=N–C) groups is 1. The summed E-state index contributed by atoms with van der Waals surface area (Å²) in [5, 5.41) is 15.7. The van der Waals surface area contributed by atoms with E-state index in [1.54, 1.807) is 19.2 Å². The lowest BCUT2D eigenvalue weighted by molar-refractivity contribution is 0.368. The average molecular weight is 408 g/mol. The molecule has 0 bridgehead atoms. The normalized spacial score (nSPS) is 12.4. The number of rotatable bonds is 9. The van der Waals surface area contributed by atoms with Gasteiger partial charge in [0.15, 0.2) is 11.7 Å². The first-order valence-corrected chi connectivity index (χ1v) is 10.9. The molecule has 1 heterocycles. The predicted molar refractivity (Wildman–Crippen MR) is 110 cm³/mol. The fraction of sp³-hybridized carbons (Fsp3) is 0.474. The van der Waals surface area contributed by atoms with Crippen LogP contribution in [0.3, 0.4) is 0 Å². The number of hydrogen-bond acceptors (Lipinski definition) is 5. The van der Waals surface area contributed by atoms with Crippen molar-refractivity contribution in [1.29, 1.82) is 0 Å². The van der Waals surface area contributed by atoms with Gasteiger partial charge in [0.1, 0.15) is 0 Å². The van der Waals surface area contributed by atoms with Gasteiger partial charge in [-0.15, -0.1) is 0 Å². The van der Waals surface area contributed by atoms with Crippen molar-refractivity contribution in [2.45, 2.75) is 50.5 Å². The zero-order valence-electron chi connectivity index (χ0n) is 16.6. The summed E-state index contributed by atoms with van der Waals surface area (Å²) < 4.78 is 28.0. The van der Waals surface area contributed by atoms with Crippen molar-refractivity contribution in [2.75, 3.05) is 13.6 Å². The summed E-state index contributed by atoms with van der Waals surface area (Å²) in [6, 6.07) is 8.53. The van der Waals surface area contributed by atoms with Gasteiger partial charge < -0.3 is 15.2 Å². The Hall–Kier alpha value is -2.39. The maximum absolute atomic E-state index is 11.3. The van der Waals surface area contributed by atoms with Crippen molar-refractivity contribution >= 4 is 16.0 Å². The molecule has 0 amide bonds. The summed E-state index contributed by atoms with van der Waals surface area (Å²) in [6.45, 7) is 5.43. The fourth-order valence-electron chi connectivity index (χ4n) is 2.87. The van der Waals surface area contributed by atoms with Crippen LogP contribution in [0.25, 0.3) is 0 Å². The van der Waals surface area contributed by atoms with E-state index in [-0.39, 0.29) is 4.90 Å². The van der Waals surface area contributed by atoms with Crippen LogP contribution in [-0.2, 0) is 23.0 Å². The summed E-state index contributed by atoms with van der Waals surface area (Å²) >= 11 is 0. The molecule has 28 heavy (non-hydrogen) atoms. The lowest BCUT2D eigenvalue weighted by atomic mass is 9.99. The molecule has 0 atom stereocenters. The molecule has 8 nitrogen and oxygen atoms in total. The first-order chi connectivity index (χ1) is 13.4. The molecule has 154 valence electrons. The topological polar surface area (TPSA) is 123 Å². The van der Waals surface area contributed by atoms with Crippen LogP contribution in [-0.4, -0.2) is 33.1 Å². The number of aromatic nitrogens is 1. The van der Waals surface area contributed by atoms with Crippen LogP contribution in [0.4, 0.5) is 0 Å². The van der Waals surface area contributed by atoms with E-state index in [9.17, 15) is 8.42 Å². The minimum absolute atomic E-state index is 0.112. The van der Waals surface area contributed by atoms with Gasteiger partial charge in [-0.1, -0.05) is 31.1 Å². The maximum Gasteiger partial charge on any atom is 0.238 e. The smallest absolute Gasteiger partial charge is 0.238 e. The maximum atomic E-state index is 11.3. The second kappa shape index (κ2) is 10.2. The van der Waals surface area contributed by atoms with Crippen molar-refractivity contribution in [2.24, 2.45) is 10.1 Å². The highest BCUT2D eigenvalue weighted by molar-refractivity contribution is 7.89. The van der Waals surface area contributed by atoms with E-state index in [0.29, 0.717) is 31.4 Å². The summed E-state index contributed by atoms with van der Waals surface area (Å²) in [6.07, 6.45) is 2.79. The highest BCUT2D eigenvalue weighted by Crippen LogP contribution is 2.22. The highest BCUT2D eigenvalue weighted by Gasteiger charge is 2.13. The Morgan fingerprint density at radius 2 is 1.89 bits per heavy atom. The number of hydrogen-bond donors (Lipinski definition) is 3. The SMILES string of the molecule is CCC(CC)c1cc(CNC(=NC)NCCc2ccc(S(N)(=O)=O)cc2)on1. The Labute approximate surface area is 166 Å². The molecule has 0 aliphatic carbocycles. The van der Waals surface area contributed by atoms with Gasteiger partial charge in [0.2, 0.25) is 10.0 Å². The Morgan fingerprint density at radius 1 is 1.21 bits per heavy atom. The van der Waals surface area contributed by atoms with Crippen LogP contribution < -0.4 is 15.8 Å². The summed E-state index contributed by atoms with van der Waals surface area (Å²) in [5.74, 6) is 1.85. The molecule has 2 aromatic rings. The van der Waals surface area contributed by atoms with Gasteiger partial charge in [0.05, 0.1) is 17.1 Å². The Balaban J connectivity index is 1.80. The number of benzene rings is 1. The summed E-state index contributed by atoms with van der Waals surface area (Å²) in [4.78, 5) is 4.30. The summed E-state index contributed by atoms with van der Waals surface area (Å²) in [5.41, 5.74) is 1.99. The van der Waals surface area contributed by atoms with Crippen molar-refractivity contribution in [3.63, 3.8) is 0 Å². The number of nitrogens with zero attached hydrogens (tertiary/aromatic N) is 2. The first-order valence-electron chi connectivity index (χ1n) is 9.39. The third kappa shape index (κ3) is 6.35. The molecule has 0 aliphatic rings. The Bertz CT molecular complexity index is 871. The Kier molecular flexibility index (Phi) is 8.01. The van der Waals surface area contributed by atoms with Crippen molar-refractivity contribution in [3.05, 3.63) is 47.3 Å². The van der Waals surface area contributed by atoms with Crippen molar-refractivity contribution in [1.82, 2.24) is 15.8 Å². The predicted octanol–water partition coefficient (Wildman–Crippen LogP) is 2.13. The number of guanidine groups is 1. The summed E-state index contributed by atoms with van der Waals surface area (Å²) in [7, 11) is -1.96. The number of nitrogens with two attached hydrogens (primary N) is 1. The zero-order valence-corrected chi connectivity index (χ0v) is 17.4. The minimum atomic E-state index is -3.66. The van der Waals surface area contributed by atoms with E-state index in [2.05, 4.69) is 34.6 Å². The average Bonchev–Trinajstić information content (AvgIpc) is 3.14. The Morgan fingerprint density at radius 3 is 2.46 bits per heavy atom. The van der Waals surface area contributed by atoms with E-state index in [1.165, 1.54) is 12.1 Å². The van der Waals surface area contributed by atoms with E-state index >= 15 is 0 Å². The van der Waals surface area contributed by atoms with E-state index < -0.39 is 10.0 Å². The number of primary sulfonamides is 1. The van der Waals surface area contributed by atoms with Crippen LogP contribution in [0.5, 0.6) is 0 Å². The van der Waals surface area contributed by atoms with Crippen molar-refractivity contribution < 1.29 is 12.9 Å². The van der Waals surface area contributed by atoms with Gasteiger partial charge in [0.25, 0.3) is 0 Å². The van der Waals surface area contributed by atoms with Crippen LogP contribution in [0, 0.1) is 0 Å². The third-order valence-corrected chi connectivity index (χ3v) is 5.52. The molecule has 1 aromatic carbocycles. The van der Waals surface area contributed by atoms with Gasteiger partial charge in [-0.25, -0.2) is 13.6 Å². The van der Waals surface area contributed by atoms with Crippen LogP contribution in [0.15, 0.2) is 44.7 Å². The molecular formula is C19H29N5O3S. The van der Waals surface area contributed by atoms with Crippen LogP contribution >= 0.6 is 0 Å². The highest BCUT2D eigenvalue weighted by atomic mass is 32.2. The van der Waals surface area contributed by atoms with Gasteiger partial charge in [-0.3, -0.25) is 4.99 Å². The quantitative estimate of drug-likeness (QED) is 0.432.